The maximum absolute atomic E-state index is 11.1. The van der Waals surface area contributed by atoms with Gasteiger partial charge >= 0.3 is 0 Å². The third-order valence-electron chi connectivity index (χ3n) is 1.74. The van der Waals surface area contributed by atoms with Crippen LogP contribution in [0.4, 0.5) is 0 Å². The molecule has 4 N–H and O–H groups in total. The lowest BCUT2D eigenvalue weighted by Crippen LogP contribution is -2.29. The molecule has 0 atom stereocenters. The van der Waals surface area contributed by atoms with Crippen molar-refractivity contribution in [3.8, 4) is 0 Å². The summed E-state index contributed by atoms with van der Waals surface area (Å²) in [5.41, 5.74) is 2.46. The van der Waals surface area contributed by atoms with Crippen LogP contribution in [0.15, 0.2) is 16.7 Å². The van der Waals surface area contributed by atoms with Crippen LogP contribution in [0, 0.1) is 0 Å². The number of furan rings is 1. The molecule has 0 spiro atoms. The number of hydrazine groups is 1. The Morgan fingerprint density at radius 1 is 1.67 bits per heavy atom. The van der Waals surface area contributed by atoms with Gasteiger partial charge in [0.25, 0.3) is 5.91 Å². The average Bonchev–Trinajstić information content (AvgIpc) is 2.72. The van der Waals surface area contributed by atoms with Crippen LogP contribution in [0.3, 0.4) is 0 Å². The van der Waals surface area contributed by atoms with Crippen LogP contribution in [0.2, 0.25) is 0 Å². The third-order valence-corrected chi connectivity index (χ3v) is 2.80. The first-order valence-electron chi connectivity index (χ1n) is 4.55. The van der Waals surface area contributed by atoms with Gasteiger partial charge < -0.3 is 9.52 Å². The monoisotopic (exact) mass is 230 g/mol. The lowest BCUT2D eigenvalue weighted by atomic mass is 10.3. The zero-order valence-electron chi connectivity index (χ0n) is 8.23. The number of aliphatic hydroxyl groups excluding tert-OH is 1. The lowest BCUT2D eigenvalue weighted by Gasteiger charge is -1.95. The molecule has 0 aromatic carbocycles. The van der Waals surface area contributed by atoms with Gasteiger partial charge in [0.1, 0.15) is 12.0 Å². The predicted octanol–water partition coefficient (Wildman–Crippen LogP) is 0.499. The van der Waals surface area contributed by atoms with Gasteiger partial charge in [0, 0.05) is 6.61 Å². The van der Waals surface area contributed by atoms with Gasteiger partial charge in [0.2, 0.25) is 0 Å². The van der Waals surface area contributed by atoms with E-state index in [0.717, 1.165) is 17.9 Å². The van der Waals surface area contributed by atoms with Crippen molar-refractivity contribution < 1.29 is 14.3 Å². The highest BCUT2D eigenvalue weighted by molar-refractivity contribution is 7.98. The molecule has 84 valence electrons. The summed E-state index contributed by atoms with van der Waals surface area (Å²) in [6, 6.07) is 1.66. The highest BCUT2D eigenvalue weighted by atomic mass is 32.2. The summed E-state index contributed by atoms with van der Waals surface area (Å²) in [5, 5.41) is 8.57. The molecule has 1 heterocycles. The normalized spacial score (nSPS) is 10.3. The average molecular weight is 230 g/mol. The number of carbonyl (C=O) groups excluding carboxylic acids is 1. The van der Waals surface area contributed by atoms with Crippen molar-refractivity contribution in [2.45, 2.75) is 12.2 Å². The molecule has 5 nitrogen and oxygen atoms in total. The van der Waals surface area contributed by atoms with Crippen LogP contribution in [-0.4, -0.2) is 23.4 Å². The summed E-state index contributed by atoms with van der Waals surface area (Å²) in [7, 11) is 0. The second-order valence-electron chi connectivity index (χ2n) is 2.90. The lowest BCUT2D eigenvalue weighted by molar-refractivity contribution is 0.0953. The molecule has 1 aromatic heterocycles. The Bertz CT molecular complexity index is 314. The van der Waals surface area contributed by atoms with Crippen molar-refractivity contribution in [3.05, 3.63) is 23.7 Å². The molecular weight excluding hydrogens is 216 g/mol. The van der Waals surface area contributed by atoms with E-state index in [1.54, 1.807) is 17.8 Å². The number of hydrogen-bond donors (Lipinski definition) is 3. The molecule has 0 saturated heterocycles. The fraction of sp³-hybridized carbons (Fsp3) is 0.444. The Hall–Kier alpha value is -0.980. The van der Waals surface area contributed by atoms with Crippen molar-refractivity contribution in [2.75, 3.05) is 12.4 Å². The van der Waals surface area contributed by atoms with Crippen molar-refractivity contribution in [2.24, 2.45) is 5.84 Å². The van der Waals surface area contributed by atoms with E-state index in [0.29, 0.717) is 11.3 Å². The van der Waals surface area contributed by atoms with Gasteiger partial charge in [-0.05, 0) is 18.2 Å². The molecule has 1 rings (SSSR count). The molecule has 0 bridgehead atoms. The van der Waals surface area contributed by atoms with Gasteiger partial charge in [0.05, 0.1) is 11.3 Å². The maximum Gasteiger partial charge on any atom is 0.268 e. The fourth-order valence-corrected chi connectivity index (χ4v) is 1.83. The van der Waals surface area contributed by atoms with E-state index in [2.05, 4.69) is 0 Å². The van der Waals surface area contributed by atoms with Crippen molar-refractivity contribution >= 4 is 17.7 Å². The maximum atomic E-state index is 11.1. The first-order chi connectivity index (χ1) is 7.27. The summed E-state index contributed by atoms with van der Waals surface area (Å²) in [6.07, 6.45) is 2.14. The Morgan fingerprint density at radius 3 is 3.13 bits per heavy atom. The zero-order valence-corrected chi connectivity index (χ0v) is 9.05. The quantitative estimate of drug-likeness (QED) is 0.286. The van der Waals surface area contributed by atoms with E-state index in [9.17, 15) is 4.79 Å². The summed E-state index contributed by atoms with van der Waals surface area (Å²) in [4.78, 5) is 11.1. The highest BCUT2D eigenvalue weighted by Crippen LogP contribution is 2.15. The minimum absolute atomic E-state index is 0.200. The van der Waals surface area contributed by atoms with Crippen LogP contribution < -0.4 is 11.3 Å². The minimum atomic E-state index is -0.356. The van der Waals surface area contributed by atoms with Gasteiger partial charge in [-0.15, -0.1) is 0 Å². The molecular formula is C9H14N2O3S. The molecule has 0 aliphatic heterocycles. The van der Waals surface area contributed by atoms with Crippen molar-refractivity contribution in [1.29, 1.82) is 0 Å². The number of nitrogens with two attached hydrogens (primary N) is 1. The Labute approximate surface area is 92.0 Å². The van der Waals surface area contributed by atoms with E-state index < -0.39 is 0 Å². The summed E-state index contributed by atoms with van der Waals surface area (Å²) < 4.78 is 5.17. The Balaban J connectivity index is 2.36. The fourth-order valence-electron chi connectivity index (χ4n) is 0.998. The smallest absolute Gasteiger partial charge is 0.268 e. The highest BCUT2D eigenvalue weighted by Gasteiger charge is 2.08. The SMILES string of the molecule is NNC(=O)c1coc(CSCCCO)c1. The Kier molecular flexibility index (Phi) is 5.23. The first-order valence-corrected chi connectivity index (χ1v) is 5.70. The minimum Gasteiger partial charge on any atom is -0.468 e. The number of nitrogen functional groups attached to an aromatic ring is 1. The number of thioether (sulfide) groups is 1. The van der Waals surface area contributed by atoms with E-state index in [1.165, 1.54) is 6.26 Å². The van der Waals surface area contributed by atoms with E-state index in [4.69, 9.17) is 15.4 Å². The molecule has 15 heavy (non-hydrogen) atoms. The predicted molar refractivity (Wildman–Crippen MR) is 58.2 cm³/mol. The largest absolute Gasteiger partial charge is 0.468 e. The van der Waals surface area contributed by atoms with Gasteiger partial charge in [-0.25, -0.2) is 5.84 Å². The molecule has 1 aromatic rings. The summed E-state index contributed by atoms with van der Waals surface area (Å²) >= 11 is 1.65. The van der Waals surface area contributed by atoms with Gasteiger partial charge in [-0.2, -0.15) is 11.8 Å². The number of amides is 1. The number of carbonyl (C=O) groups is 1. The second-order valence-corrected chi connectivity index (χ2v) is 4.01. The molecule has 6 heteroatoms. The van der Waals surface area contributed by atoms with E-state index >= 15 is 0 Å². The van der Waals surface area contributed by atoms with Crippen LogP contribution in [0.1, 0.15) is 22.5 Å². The Morgan fingerprint density at radius 2 is 2.47 bits per heavy atom. The molecule has 0 aliphatic rings. The van der Waals surface area contributed by atoms with Crippen molar-refractivity contribution in [1.82, 2.24) is 5.43 Å². The van der Waals surface area contributed by atoms with Gasteiger partial charge in [0.15, 0.2) is 0 Å². The van der Waals surface area contributed by atoms with E-state index in [-0.39, 0.29) is 12.5 Å². The number of nitrogens with one attached hydrogen (secondary N) is 1. The van der Waals surface area contributed by atoms with Crippen LogP contribution >= 0.6 is 11.8 Å². The summed E-state index contributed by atoms with van der Waals surface area (Å²) in [6.45, 7) is 0.200. The topological polar surface area (TPSA) is 88.5 Å². The number of aliphatic hydroxyl groups is 1. The van der Waals surface area contributed by atoms with E-state index in [1.807, 2.05) is 5.43 Å². The van der Waals surface area contributed by atoms with Crippen molar-refractivity contribution in [3.63, 3.8) is 0 Å². The van der Waals surface area contributed by atoms with Gasteiger partial charge in [-0.3, -0.25) is 10.2 Å². The summed E-state index contributed by atoms with van der Waals surface area (Å²) in [5.74, 6) is 6.92. The molecule has 0 unspecified atom stereocenters. The molecule has 0 fully saturated rings. The number of hydrogen-bond acceptors (Lipinski definition) is 5. The molecule has 0 aliphatic carbocycles. The van der Waals surface area contributed by atoms with Crippen LogP contribution in [-0.2, 0) is 5.75 Å². The standard InChI is InChI=1S/C9H14N2O3S/c10-11-9(13)7-4-8(14-5-7)6-15-3-1-2-12/h4-5,12H,1-3,6,10H2,(H,11,13). The zero-order chi connectivity index (χ0) is 11.1. The van der Waals surface area contributed by atoms with Crippen LogP contribution in [0.25, 0.3) is 0 Å². The molecule has 0 saturated carbocycles. The molecule has 0 radical (unpaired) electrons. The first kappa shape index (κ1) is 12.1. The van der Waals surface area contributed by atoms with Gasteiger partial charge in [-0.1, -0.05) is 0 Å². The number of rotatable bonds is 6. The van der Waals surface area contributed by atoms with Crippen LogP contribution in [0.5, 0.6) is 0 Å². The molecule has 1 amide bonds. The third kappa shape index (κ3) is 3.94. The second kappa shape index (κ2) is 6.49.